The summed E-state index contributed by atoms with van der Waals surface area (Å²) in [6, 6.07) is 9.93. The van der Waals surface area contributed by atoms with Crippen LogP contribution in [0, 0.1) is 24.0 Å². The maximum absolute atomic E-state index is 13.3. The van der Waals surface area contributed by atoms with Crippen LogP contribution in [0.3, 0.4) is 0 Å². The third-order valence-electron chi connectivity index (χ3n) is 4.84. The first-order chi connectivity index (χ1) is 13.8. The second-order valence-corrected chi connectivity index (χ2v) is 8.28. The molecule has 3 rings (SSSR count). The van der Waals surface area contributed by atoms with Crippen molar-refractivity contribution in [1.82, 2.24) is 9.88 Å². The van der Waals surface area contributed by atoms with Crippen molar-refractivity contribution >= 4 is 38.3 Å². The SMILES string of the molecule is Cc1ccc2sc(N(CCCN(C)C)C(=O)c3cccc([N+](=O)[O-])c3)nc2c1C. The number of hydrogen-bond acceptors (Lipinski definition) is 6. The number of benzene rings is 2. The van der Waals surface area contributed by atoms with Gasteiger partial charge in [0.1, 0.15) is 0 Å². The summed E-state index contributed by atoms with van der Waals surface area (Å²) in [7, 11) is 3.97. The molecule has 0 saturated carbocycles. The summed E-state index contributed by atoms with van der Waals surface area (Å²) >= 11 is 1.47. The molecule has 0 aliphatic carbocycles. The number of aromatic nitrogens is 1. The number of fused-ring (bicyclic) bond motifs is 1. The zero-order valence-corrected chi connectivity index (χ0v) is 17.8. The van der Waals surface area contributed by atoms with Gasteiger partial charge in [-0.1, -0.05) is 23.5 Å². The Balaban J connectivity index is 2.00. The van der Waals surface area contributed by atoms with Crippen LogP contribution < -0.4 is 4.90 Å². The van der Waals surface area contributed by atoms with Crippen LogP contribution in [-0.2, 0) is 0 Å². The number of nitrogens with zero attached hydrogens (tertiary/aromatic N) is 4. The Morgan fingerprint density at radius 3 is 2.62 bits per heavy atom. The summed E-state index contributed by atoms with van der Waals surface area (Å²) < 4.78 is 1.02. The molecule has 1 aromatic heterocycles. The van der Waals surface area contributed by atoms with E-state index in [1.165, 1.54) is 29.5 Å². The van der Waals surface area contributed by atoms with E-state index in [0.717, 1.165) is 34.3 Å². The number of hydrogen-bond donors (Lipinski definition) is 0. The zero-order valence-electron chi connectivity index (χ0n) is 17.0. The number of nitro groups is 1. The summed E-state index contributed by atoms with van der Waals surface area (Å²) in [6.07, 6.45) is 0.765. The van der Waals surface area contributed by atoms with Gasteiger partial charge >= 0.3 is 0 Å². The summed E-state index contributed by atoms with van der Waals surface area (Å²) in [5, 5.41) is 11.7. The lowest BCUT2D eigenvalue weighted by molar-refractivity contribution is -0.384. The van der Waals surface area contributed by atoms with Crippen molar-refractivity contribution in [2.24, 2.45) is 0 Å². The lowest BCUT2D eigenvalue weighted by Gasteiger charge is -2.21. The lowest BCUT2D eigenvalue weighted by Crippen LogP contribution is -2.33. The summed E-state index contributed by atoms with van der Waals surface area (Å²) in [4.78, 5) is 32.4. The van der Waals surface area contributed by atoms with E-state index < -0.39 is 4.92 Å². The molecule has 1 amide bonds. The van der Waals surface area contributed by atoms with Crippen LogP contribution in [0.5, 0.6) is 0 Å². The average molecular weight is 413 g/mol. The number of aryl methyl sites for hydroxylation is 2. The van der Waals surface area contributed by atoms with E-state index in [1.807, 2.05) is 34.0 Å². The summed E-state index contributed by atoms with van der Waals surface area (Å²) in [5.41, 5.74) is 3.34. The molecule has 0 spiro atoms. The van der Waals surface area contributed by atoms with E-state index in [0.29, 0.717) is 11.7 Å². The topological polar surface area (TPSA) is 79.6 Å². The van der Waals surface area contributed by atoms with Gasteiger partial charge in [-0.2, -0.15) is 0 Å². The highest BCUT2D eigenvalue weighted by molar-refractivity contribution is 7.22. The van der Waals surface area contributed by atoms with E-state index in [2.05, 4.69) is 11.0 Å². The highest BCUT2D eigenvalue weighted by Gasteiger charge is 2.23. The third-order valence-corrected chi connectivity index (χ3v) is 5.88. The number of anilines is 1. The van der Waals surface area contributed by atoms with E-state index in [1.54, 1.807) is 11.0 Å². The summed E-state index contributed by atoms with van der Waals surface area (Å²) in [5.74, 6) is -0.277. The van der Waals surface area contributed by atoms with Gasteiger partial charge in [0, 0.05) is 24.2 Å². The predicted molar refractivity (Wildman–Crippen MR) is 117 cm³/mol. The van der Waals surface area contributed by atoms with E-state index >= 15 is 0 Å². The molecule has 0 radical (unpaired) electrons. The molecule has 2 aromatic carbocycles. The van der Waals surface area contributed by atoms with Crippen LogP contribution in [0.2, 0.25) is 0 Å². The molecule has 8 heteroatoms. The van der Waals surface area contributed by atoms with Gasteiger partial charge in [0.05, 0.1) is 15.1 Å². The van der Waals surface area contributed by atoms with Crippen molar-refractivity contribution in [2.75, 3.05) is 32.1 Å². The second-order valence-electron chi connectivity index (χ2n) is 7.27. The Hall–Kier alpha value is -2.84. The maximum atomic E-state index is 13.3. The standard InChI is InChI=1S/C21H24N4O3S/c1-14-9-10-18-19(15(14)2)22-21(29-18)24(12-6-11-23(3)4)20(26)16-7-5-8-17(13-16)25(27)28/h5,7-10,13H,6,11-12H2,1-4H3. The van der Waals surface area contributed by atoms with Gasteiger partial charge in [-0.3, -0.25) is 19.8 Å². The van der Waals surface area contributed by atoms with Gasteiger partial charge in [0.2, 0.25) is 0 Å². The number of carbonyl (C=O) groups excluding carboxylic acids is 1. The first kappa shape index (κ1) is 20.9. The predicted octanol–water partition coefficient (Wildman–Crippen LogP) is 4.42. The molecular formula is C21H24N4O3S. The number of thiazole rings is 1. The van der Waals surface area contributed by atoms with Crippen LogP contribution in [0.25, 0.3) is 10.2 Å². The number of non-ortho nitro benzene ring substituents is 1. The van der Waals surface area contributed by atoms with Crippen molar-refractivity contribution in [3.63, 3.8) is 0 Å². The molecule has 0 aliphatic heterocycles. The highest BCUT2D eigenvalue weighted by Crippen LogP contribution is 2.33. The zero-order chi connectivity index (χ0) is 21.1. The molecule has 0 unspecified atom stereocenters. The Labute approximate surface area is 173 Å². The minimum absolute atomic E-state index is 0.0974. The Morgan fingerprint density at radius 1 is 1.17 bits per heavy atom. The molecule has 0 atom stereocenters. The highest BCUT2D eigenvalue weighted by atomic mass is 32.1. The molecule has 0 N–H and O–H groups in total. The monoisotopic (exact) mass is 412 g/mol. The Bertz CT molecular complexity index is 1060. The normalized spacial score (nSPS) is 11.2. The van der Waals surface area contributed by atoms with Crippen LogP contribution in [0.4, 0.5) is 10.8 Å². The second kappa shape index (κ2) is 8.67. The fourth-order valence-corrected chi connectivity index (χ4v) is 4.12. The molecule has 7 nitrogen and oxygen atoms in total. The van der Waals surface area contributed by atoms with Crippen molar-refractivity contribution < 1.29 is 9.72 Å². The molecule has 29 heavy (non-hydrogen) atoms. The first-order valence-corrected chi connectivity index (χ1v) is 10.2. The van der Waals surface area contributed by atoms with Crippen molar-refractivity contribution in [3.05, 3.63) is 63.2 Å². The van der Waals surface area contributed by atoms with Crippen LogP contribution in [0.1, 0.15) is 27.9 Å². The minimum atomic E-state index is -0.489. The molecule has 0 bridgehead atoms. The molecule has 0 saturated heterocycles. The van der Waals surface area contributed by atoms with Crippen molar-refractivity contribution in [3.8, 4) is 0 Å². The van der Waals surface area contributed by atoms with Gasteiger partial charge in [-0.25, -0.2) is 4.98 Å². The first-order valence-electron chi connectivity index (χ1n) is 9.35. The summed E-state index contributed by atoms with van der Waals surface area (Å²) in [6.45, 7) is 5.37. The van der Waals surface area contributed by atoms with Crippen molar-refractivity contribution in [2.45, 2.75) is 20.3 Å². The maximum Gasteiger partial charge on any atom is 0.270 e. The largest absolute Gasteiger partial charge is 0.309 e. The fraction of sp³-hybridized carbons (Fsp3) is 0.333. The van der Waals surface area contributed by atoms with Crippen LogP contribution >= 0.6 is 11.3 Å². The van der Waals surface area contributed by atoms with E-state index in [9.17, 15) is 14.9 Å². The Kier molecular flexibility index (Phi) is 6.24. The molecule has 0 fully saturated rings. The van der Waals surface area contributed by atoms with Gasteiger partial charge in [0.25, 0.3) is 11.6 Å². The number of nitro benzene ring substituents is 1. The minimum Gasteiger partial charge on any atom is -0.309 e. The smallest absolute Gasteiger partial charge is 0.270 e. The van der Waals surface area contributed by atoms with Gasteiger partial charge in [-0.15, -0.1) is 0 Å². The fourth-order valence-electron chi connectivity index (χ4n) is 3.07. The third kappa shape index (κ3) is 4.60. The molecule has 0 aliphatic rings. The number of rotatable bonds is 7. The molecule has 3 aromatic rings. The number of carbonyl (C=O) groups is 1. The van der Waals surface area contributed by atoms with Crippen LogP contribution in [0.15, 0.2) is 36.4 Å². The van der Waals surface area contributed by atoms with E-state index in [-0.39, 0.29) is 17.2 Å². The van der Waals surface area contributed by atoms with Gasteiger partial charge < -0.3 is 4.90 Å². The van der Waals surface area contributed by atoms with Gasteiger partial charge in [-0.05, 0) is 64.2 Å². The molecule has 1 heterocycles. The van der Waals surface area contributed by atoms with Crippen LogP contribution in [-0.4, -0.2) is 47.9 Å². The average Bonchev–Trinajstić information content (AvgIpc) is 3.12. The van der Waals surface area contributed by atoms with Crippen molar-refractivity contribution in [1.29, 1.82) is 0 Å². The number of amides is 1. The van der Waals surface area contributed by atoms with Gasteiger partial charge in [0.15, 0.2) is 5.13 Å². The molecule has 152 valence electrons. The molecular weight excluding hydrogens is 388 g/mol. The quantitative estimate of drug-likeness (QED) is 0.424. The lowest BCUT2D eigenvalue weighted by atomic mass is 10.1. The Morgan fingerprint density at radius 2 is 1.93 bits per heavy atom. The van der Waals surface area contributed by atoms with E-state index in [4.69, 9.17) is 4.98 Å².